The average molecular weight is 490 g/mol. The minimum Gasteiger partial charge on any atom is -0.496 e. The van der Waals surface area contributed by atoms with Gasteiger partial charge in [-0.2, -0.15) is 13.2 Å². The van der Waals surface area contributed by atoms with E-state index in [0.29, 0.717) is 48.1 Å². The first kappa shape index (κ1) is 24.4. The molecule has 0 bridgehead atoms. The third-order valence-electron chi connectivity index (χ3n) is 5.57. The lowest BCUT2D eigenvalue weighted by molar-refractivity contribution is -0.137. The molecule has 2 aromatic carbocycles. The molecule has 1 saturated carbocycles. The highest BCUT2D eigenvalue weighted by Crippen LogP contribution is 2.32. The van der Waals surface area contributed by atoms with Crippen LogP contribution in [0.2, 0.25) is 5.02 Å². The molecule has 0 saturated heterocycles. The number of benzene rings is 2. The first-order chi connectivity index (χ1) is 15.0. The van der Waals surface area contributed by atoms with Gasteiger partial charge in [-0.25, -0.2) is 8.42 Å². The topological polar surface area (TPSA) is 72.5 Å². The van der Waals surface area contributed by atoms with Crippen molar-refractivity contribution in [1.29, 1.82) is 0 Å². The van der Waals surface area contributed by atoms with Crippen LogP contribution in [0.1, 0.15) is 41.6 Å². The zero-order valence-electron chi connectivity index (χ0n) is 17.3. The molecule has 10 heteroatoms. The van der Waals surface area contributed by atoms with Crippen LogP contribution < -0.4 is 10.1 Å². The van der Waals surface area contributed by atoms with Crippen LogP contribution in [0, 0.1) is 5.92 Å². The van der Waals surface area contributed by atoms with E-state index in [0.717, 1.165) is 12.1 Å². The second-order valence-electron chi connectivity index (χ2n) is 7.84. The molecule has 0 heterocycles. The van der Waals surface area contributed by atoms with E-state index in [4.69, 9.17) is 16.3 Å². The van der Waals surface area contributed by atoms with Crippen molar-refractivity contribution >= 4 is 27.3 Å². The van der Waals surface area contributed by atoms with Gasteiger partial charge in [-0.05, 0) is 68.0 Å². The zero-order chi connectivity index (χ0) is 23.5. The largest absolute Gasteiger partial charge is 0.496 e. The predicted molar refractivity (Wildman–Crippen MR) is 115 cm³/mol. The van der Waals surface area contributed by atoms with Crippen molar-refractivity contribution in [2.75, 3.05) is 12.9 Å². The second-order valence-corrected chi connectivity index (χ2v) is 10.3. The van der Waals surface area contributed by atoms with E-state index in [1.165, 1.54) is 13.2 Å². The van der Waals surface area contributed by atoms with Crippen LogP contribution >= 0.6 is 11.6 Å². The Hall–Kier alpha value is -2.26. The molecule has 2 aromatic rings. The third-order valence-corrected chi connectivity index (χ3v) is 7.68. The van der Waals surface area contributed by atoms with Crippen LogP contribution in [0.5, 0.6) is 5.75 Å². The number of sulfone groups is 1. The number of rotatable bonds is 6. The van der Waals surface area contributed by atoms with Crippen LogP contribution in [0.25, 0.3) is 0 Å². The molecule has 0 aliphatic heterocycles. The number of halogens is 4. The summed E-state index contributed by atoms with van der Waals surface area (Å²) in [6.07, 6.45) is -2.37. The van der Waals surface area contributed by atoms with E-state index in [1.807, 2.05) is 0 Å². The van der Waals surface area contributed by atoms with E-state index in [9.17, 15) is 26.4 Å². The average Bonchev–Trinajstić information content (AvgIpc) is 2.74. The summed E-state index contributed by atoms with van der Waals surface area (Å²) < 4.78 is 69.2. The number of ether oxygens (including phenoxy) is 1. The van der Waals surface area contributed by atoms with Gasteiger partial charge in [0, 0.05) is 11.1 Å². The number of nitrogens with one attached hydrogen (secondary N) is 1. The van der Waals surface area contributed by atoms with Gasteiger partial charge in [0.1, 0.15) is 5.75 Å². The maximum absolute atomic E-state index is 12.9. The van der Waals surface area contributed by atoms with Crippen molar-refractivity contribution < 1.29 is 31.1 Å². The third kappa shape index (κ3) is 5.95. The van der Waals surface area contributed by atoms with Crippen molar-refractivity contribution in [2.24, 2.45) is 5.92 Å². The summed E-state index contributed by atoms with van der Waals surface area (Å²) >= 11 is 5.92. The Balaban J connectivity index is 1.59. The molecule has 1 amide bonds. The molecular formula is C22H23ClF3NO4S. The molecule has 1 aliphatic rings. The fourth-order valence-electron chi connectivity index (χ4n) is 3.86. The fourth-order valence-corrected chi connectivity index (χ4v) is 5.76. The highest BCUT2D eigenvalue weighted by atomic mass is 35.5. The molecule has 0 aromatic heterocycles. The molecule has 3 rings (SSSR count). The van der Waals surface area contributed by atoms with Crippen LogP contribution in [-0.4, -0.2) is 33.2 Å². The van der Waals surface area contributed by atoms with E-state index in [-0.39, 0.29) is 28.5 Å². The number of carbonyl (C=O) groups is 1. The van der Waals surface area contributed by atoms with Gasteiger partial charge in [0.05, 0.1) is 28.9 Å². The van der Waals surface area contributed by atoms with Gasteiger partial charge in [0.25, 0.3) is 5.91 Å². The van der Waals surface area contributed by atoms with Crippen molar-refractivity contribution in [3.05, 3.63) is 58.6 Å². The van der Waals surface area contributed by atoms with Gasteiger partial charge in [0.2, 0.25) is 0 Å². The molecule has 174 valence electrons. The number of carbonyl (C=O) groups excluding carboxylic acids is 1. The second kappa shape index (κ2) is 9.70. The lowest BCUT2D eigenvalue weighted by atomic mass is 9.87. The SMILES string of the molecule is COc1cc(Cl)ccc1C(=O)NC1CCC(CS(=O)(=O)c2cccc(C(F)(F)F)c2)CC1. The molecule has 32 heavy (non-hydrogen) atoms. The fraction of sp³-hybridized carbons (Fsp3) is 0.409. The van der Waals surface area contributed by atoms with Gasteiger partial charge >= 0.3 is 6.18 Å². The lowest BCUT2D eigenvalue weighted by Crippen LogP contribution is -2.38. The van der Waals surface area contributed by atoms with E-state index in [1.54, 1.807) is 18.2 Å². The van der Waals surface area contributed by atoms with Gasteiger partial charge in [-0.3, -0.25) is 4.79 Å². The Kier molecular flexibility index (Phi) is 7.39. The number of amides is 1. The van der Waals surface area contributed by atoms with Crippen molar-refractivity contribution in [3.63, 3.8) is 0 Å². The van der Waals surface area contributed by atoms with Crippen LogP contribution in [0.4, 0.5) is 13.2 Å². The number of alkyl halides is 3. The monoisotopic (exact) mass is 489 g/mol. The summed E-state index contributed by atoms with van der Waals surface area (Å²) in [6.45, 7) is 0. The van der Waals surface area contributed by atoms with E-state index < -0.39 is 21.6 Å². The van der Waals surface area contributed by atoms with Gasteiger partial charge < -0.3 is 10.1 Å². The van der Waals surface area contributed by atoms with E-state index in [2.05, 4.69) is 5.32 Å². The molecule has 0 spiro atoms. The molecule has 1 aliphatic carbocycles. The lowest BCUT2D eigenvalue weighted by Gasteiger charge is -2.29. The summed E-state index contributed by atoms with van der Waals surface area (Å²) in [6, 6.07) is 8.41. The molecule has 0 atom stereocenters. The number of methoxy groups -OCH3 is 1. The quantitative estimate of drug-likeness (QED) is 0.610. The first-order valence-electron chi connectivity index (χ1n) is 10.0. The summed E-state index contributed by atoms with van der Waals surface area (Å²) in [5, 5.41) is 3.38. The Labute approximate surface area is 189 Å². The van der Waals surface area contributed by atoms with Crippen molar-refractivity contribution in [1.82, 2.24) is 5.32 Å². The van der Waals surface area contributed by atoms with E-state index >= 15 is 0 Å². The van der Waals surface area contributed by atoms with Gasteiger partial charge in [0.15, 0.2) is 9.84 Å². The van der Waals surface area contributed by atoms with Crippen LogP contribution in [0.15, 0.2) is 47.4 Å². The normalized spacial score (nSPS) is 19.4. The number of hydrogen-bond donors (Lipinski definition) is 1. The molecule has 5 nitrogen and oxygen atoms in total. The molecule has 1 N–H and O–H groups in total. The zero-order valence-corrected chi connectivity index (χ0v) is 18.9. The van der Waals surface area contributed by atoms with Gasteiger partial charge in [-0.15, -0.1) is 0 Å². The smallest absolute Gasteiger partial charge is 0.416 e. The summed E-state index contributed by atoms with van der Waals surface area (Å²) in [5.41, 5.74) is -0.631. The Bertz CT molecular complexity index is 1080. The maximum atomic E-state index is 12.9. The molecule has 0 unspecified atom stereocenters. The predicted octanol–water partition coefficient (Wildman–Crippen LogP) is 5.13. The van der Waals surface area contributed by atoms with Crippen molar-refractivity contribution in [2.45, 2.75) is 42.8 Å². The minimum absolute atomic E-state index is 0.129. The van der Waals surface area contributed by atoms with Crippen LogP contribution in [-0.2, 0) is 16.0 Å². The minimum atomic E-state index is -4.60. The van der Waals surface area contributed by atoms with Crippen molar-refractivity contribution in [3.8, 4) is 5.75 Å². The standard InChI is InChI=1S/C22H23ClF3NO4S/c1-31-20-12-16(23)7-10-19(20)21(28)27-17-8-5-14(6-9-17)13-32(29,30)18-4-2-3-15(11-18)22(24,25)26/h2-4,7,10-12,14,17H,5-6,8-9,13H2,1H3,(H,27,28). The summed E-state index contributed by atoms with van der Waals surface area (Å²) in [7, 11) is -2.41. The summed E-state index contributed by atoms with van der Waals surface area (Å²) in [4.78, 5) is 12.3. The Morgan fingerprint density at radius 1 is 1.12 bits per heavy atom. The Morgan fingerprint density at radius 3 is 2.44 bits per heavy atom. The summed E-state index contributed by atoms with van der Waals surface area (Å²) in [5.74, 6) is -0.359. The highest BCUT2D eigenvalue weighted by molar-refractivity contribution is 7.91. The maximum Gasteiger partial charge on any atom is 0.416 e. The first-order valence-corrected chi connectivity index (χ1v) is 12.1. The molecular weight excluding hydrogens is 467 g/mol. The number of hydrogen-bond acceptors (Lipinski definition) is 4. The molecule has 1 fully saturated rings. The van der Waals surface area contributed by atoms with Crippen LogP contribution in [0.3, 0.4) is 0 Å². The highest BCUT2D eigenvalue weighted by Gasteiger charge is 2.33. The Morgan fingerprint density at radius 2 is 1.81 bits per heavy atom. The van der Waals surface area contributed by atoms with Gasteiger partial charge in [-0.1, -0.05) is 17.7 Å². The molecule has 0 radical (unpaired) electrons.